The number of ketones is 1. The van der Waals surface area contributed by atoms with E-state index in [1.165, 1.54) is 19.7 Å². The Hall–Kier alpha value is -3.36. The second-order valence-corrected chi connectivity index (χ2v) is 10.7. The molecule has 1 heterocycles. The van der Waals surface area contributed by atoms with Crippen LogP contribution in [0, 0.1) is 17.3 Å². The quantitative estimate of drug-likeness (QED) is 0.494. The first kappa shape index (κ1) is 23.4. The van der Waals surface area contributed by atoms with Crippen LogP contribution in [-0.4, -0.2) is 34.6 Å². The van der Waals surface area contributed by atoms with E-state index in [0.717, 1.165) is 47.0 Å². The van der Waals surface area contributed by atoms with E-state index in [9.17, 15) is 19.2 Å². The summed E-state index contributed by atoms with van der Waals surface area (Å²) in [6, 6.07) is 8.14. The van der Waals surface area contributed by atoms with Crippen molar-refractivity contribution < 1.29 is 19.1 Å². The zero-order valence-electron chi connectivity index (χ0n) is 20.3. The molecule has 2 N–H and O–H groups in total. The topological polar surface area (TPSA) is 123 Å². The van der Waals surface area contributed by atoms with E-state index in [0.29, 0.717) is 18.3 Å². The first-order chi connectivity index (χ1) is 16.6. The van der Waals surface area contributed by atoms with Gasteiger partial charge in [0, 0.05) is 14.1 Å². The van der Waals surface area contributed by atoms with E-state index in [2.05, 4.69) is 12.1 Å². The number of rotatable bonds is 6. The van der Waals surface area contributed by atoms with Gasteiger partial charge in [-0.3, -0.25) is 23.5 Å². The number of aromatic nitrogens is 2. The van der Waals surface area contributed by atoms with Gasteiger partial charge in [-0.05, 0) is 73.5 Å². The molecule has 1 aromatic carbocycles. The van der Waals surface area contributed by atoms with Crippen LogP contribution in [0.5, 0.6) is 5.75 Å². The predicted octanol–water partition coefficient (Wildman–Crippen LogP) is 1.94. The van der Waals surface area contributed by atoms with Gasteiger partial charge in [-0.15, -0.1) is 0 Å². The van der Waals surface area contributed by atoms with Gasteiger partial charge in [-0.1, -0.05) is 12.1 Å². The Balaban J connectivity index is 1.38. The molecule has 9 nitrogen and oxygen atoms in total. The zero-order valence-corrected chi connectivity index (χ0v) is 20.3. The first-order valence-electron chi connectivity index (χ1n) is 12.0. The van der Waals surface area contributed by atoms with Crippen LogP contribution in [0.25, 0.3) is 0 Å². The van der Waals surface area contributed by atoms with Crippen molar-refractivity contribution in [1.29, 1.82) is 0 Å². The van der Waals surface area contributed by atoms with Crippen molar-refractivity contribution in [2.45, 2.75) is 43.9 Å². The van der Waals surface area contributed by atoms with Gasteiger partial charge in [0.2, 0.25) is 5.78 Å². The molecule has 9 heteroatoms. The minimum Gasteiger partial charge on any atom is -0.497 e. The number of carbonyl (C=O) groups excluding carboxylic acids is 2. The van der Waals surface area contributed by atoms with Crippen LogP contribution in [-0.2, 0) is 29.0 Å². The van der Waals surface area contributed by atoms with Crippen LogP contribution in [0.15, 0.2) is 33.9 Å². The maximum absolute atomic E-state index is 13.5. The fourth-order valence-corrected chi connectivity index (χ4v) is 7.26. The predicted molar refractivity (Wildman–Crippen MR) is 128 cm³/mol. The van der Waals surface area contributed by atoms with Gasteiger partial charge < -0.3 is 15.2 Å². The van der Waals surface area contributed by atoms with E-state index in [4.69, 9.17) is 15.2 Å². The normalized spacial score (nSPS) is 28.7. The molecule has 35 heavy (non-hydrogen) atoms. The minimum absolute atomic E-state index is 0.0859. The molecule has 4 saturated carbocycles. The van der Waals surface area contributed by atoms with Crippen molar-refractivity contribution in [2.75, 3.05) is 19.5 Å². The van der Waals surface area contributed by atoms with E-state index in [1.54, 1.807) is 7.11 Å². The molecule has 4 aliphatic rings. The van der Waals surface area contributed by atoms with Gasteiger partial charge in [0.15, 0.2) is 6.61 Å². The Labute approximate surface area is 202 Å². The van der Waals surface area contributed by atoms with Crippen LogP contribution in [0.4, 0.5) is 5.82 Å². The lowest BCUT2D eigenvalue weighted by Gasteiger charge is -2.61. The van der Waals surface area contributed by atoms with Crippen molar-refractivity contribution in [3.05, 3.63) is 56.2 Å². The molecule has 4 fully saturated rings. The third-order valence-corrected chi connectivity index (χ3v) is 8.52. The number of esters is 1. The summed E-state index contributed by atoms with van der Waals surface area (Å²) >= 11 is 0. The number of nitrogens with two attached hydrogens (primary N) is 1. The standard InChI is InChI=1S/C26H31N3O6/c1-28-21(27)20(22(31)29(2)24(28)33)19(30)13-35-23(32)26-11-15-8-16(12-26)10-25(9-15,14-26)17-4-6-18(34-3)7-5-17/h4-7,15-16H,8-14,27H2,1-3H3. The number of anilines is 1. The highest BCUT2D eigenvalue weighted by molar-refractivity contribution is 6.01. The second-order valence-electron chi connectivity index (χ2n) is 10.7. The summed E-state index contributed by atoms with van der Waals surface area (Å²) in [5, 5.41) is 0. The fourth-order valence-electron chi connectivity index (χ4n) is 7.26. The molecule has 1 aromatic heterocycles. The van der Waals surface area contributed by atoms with Crippen molar-refractivity contribution >= 4 is 17.6 Å². The molecule has 6 rings (SSSR count). The molecule has 0 spiro atoms. The molecule has 2 unspecified atom stereocenters. The number of benzene rings is 1. The van der Waals surface area contributed by atoms with Crippen LogP contribution in [0.3, 0.4) is 0 Å². The van der Waals surface area contributed by atoms with E-state index >= 15 is 0 Å². The third kappa shape index (κ3) is 3.59. The summed E-state index contributed by atoms with van der Waals surface area (Å²) < 4.78 is 12.8. The Kier molecular flexibility index (Phi) is 5.41. The third-order valence-electron chi connectivity index (χ3n) is 8.52. The van der Waals surface area contributed by atoms with Crippen LogP contribution < -0.4 is 21.7 Å². The maximum Gasteiger partial charge on any atom is 0.332 e. The van der Waals surface area contributed by atoms with Gasteiger partial charge in [-0.2, -0.15) is 0 Å². The second kappa shape index (κ2) is 8.10. The molecule has 0 amide bonds. The molecule has 4 aliphatic carbocycles. The number of Topliss-reactive ketones (excluding diaryl/α,β-unsaturated/α-hetero) is 1. The number of nitrogen functional groups attached to an aromatic ring is 1. The number of hydrogen-bond acceptors (Lipinski definition) is 7. The van der Waals surface area contributed by atoms with Crippen LogP contribution >= 0.6 is 0 Å². The number of hydrogen-bond donors (Lipinski definition) is 1. The molecule has 0 saturated heterocycles. The molecular weight excluding hydrogens is 450 g/mol. The van der Waals surface area contributed by atoms with Gasteiger partial charge in [0.05, 0.1) is 12.5 Å². The van der Waals surface area contributed by atoms with Crippen molar-refractivity contribution in [2.24, 2.45) is 31.3 Å². The van der Waals surface area contributed by atoms with E-state index < -0.39 is 29.1 Å². The lowest BCUT2D eigenvalue weighted by atomic mass is 9.43. The molecule has 0 aliphatic heterocycles. The average molecular weight is 482 g/mol. The monoisotopic (exact) mass is 481 g/mol. The largest absolute Gasteiger partial charge is 0.497 e. The Morgan fingerprint density at radius 1 is 1.03 bits per heavy atom. The summed E-state index contributed by atoms with van der Waals surface area (Å²) in [6.07, 6.45) is 5.44. The molecule has 0 radical (unpaired) electrons. The highest BCUT2D eigenvalue weighted by Gasteiger charge is 2.61. The summed E-state index contributed by atoms with van der Waals surface area (Å²) in [6.45, 7) is -0.580. The lowest BCUT2D eigenvalue weighted by Crippen LogP contribution is -2.57. The Morgan fingerprint density at radius 3 is 2.26 bits per heavy atom. The molecule has 2 aromatic rings. The molecule has 2 atom stereocenters. The van der Waals surface area contributed by atoms with Gasteiger partial charge in [-0.25, -0.2) is 4.79 Å². The van der Waals surface area contributed by atoms with Gasteiger partial charge in [0.25, 0.3) is 5.56 Å². The van der Waals surface area contributed by atoms with Crippen LogP contribution in [0.2, 0.25) is 0 Å². The van der Waals surface area contributed by atoms with E-state index in [-0.39, 0.29) is 22.8 Å². The van der Waals surface area contributed by atoms with E-state index in [1.807, 2.05) is 12.1 Å². The smallest absolute Gasteiger partial charge is 0.332 e. The summed E-state index contributed by atoms with van der Waals surface area (Å²) in [5.74, 6) is 0.364. The molecule has 186 valence electrons. The van der Waals surface area contributed by atoms with Crippen molar-refractivity contribution in [1.82, 2.24) is 9.13 Å². The fraction of sp³-hybridized carbons (Fsp3) is 0.538. The van der Waals surface area contributed by atoms with Gasteiger partial charge in [0.1, 0.15) is 17.1 Å². The Bertz CT molecular complexity index is 1310. The zero-order chi connectivity index (χ0) is 25.1. The SMILES string of the molecule is COc1ccc(C23CC4CC(CC(C(=O)OCC(=O)c5c(N)n(C)c(=O)n(C)c5=O)(C4)C2)C3)cc1. The number of nitrogens with zero attached hydrogens (tertiary/aromatic N) is 2. The lowest BCUT2D eigenvalue weighted by molar-refractivity contribution is -0.172. The number of carbonyl (C=O) groups is 2. The van der Waals surface area contributed by atoms with Crippen molar-refractivity contribution in [3.8, 4) is 5.75 Å². The van der Waals surface area contributed by atoms with Crippen LogP contribution in [0.1, 0.15) is 54.4 Å². The maximum atomic E-state index is 13.5. The highest BCUT2D eigenvalue weighted by atomic mass is 16.5. The summed E-state index contributed by atoms with van der Waals surface area (Å²) in [4.78, 5) is 50.9. The van der Waals surface area contributed by atoms with Gasteiger partial charge >= 0.3 is 11.7 Å². The van der Waals surface area contributed by atoms with Crippen molar-refractivity contribution in [3.63, 3.8) is 0 Å². The molecular formula is C26H31N3O6. The highest BCUT2D eigenvalue weighted by Crippen LogP contribution is 2.66. The average Bonchev–Trinajstić information content (AvgIpc) is 2.84. The molecule has 4 bridgehead atoms. The first-order valence-corrected chi connectivity index (χ1v) is 12.0. The summed E-state index contributed by atoms with van der Waals surface area (Å²) in [5.41, 5.74) is 4.64. The number of ether oxygens (including phenoxy) is 2. The minimum atomic E-state index is -0.792. The summed E-state index contributed by atoms with van der Waals surface area (Å²) in [7, 11) is 4.30. The Morgan fingerprint density at radius 2 is 1.66 bits per heavy atom. The number of methoxy groups -OCH3 is 1.